The third kappa shape index (κ3) is 3.07. The summed E-state index contributed by atoms with van der Waals surface area (Å²) in [6, 6.07) is 7.56. The first kappa shape index (κ1) is 15.6. The summed E-state index contributed by atoms with van der Waals surface area (Å²) in [5.41, 5.74) is 6.83. The fourth-order valence-electron chi connectivity index (χ4n) is 3.09. The number of fused-ring (bicyclic) bond motifs is 1. The van der Waals surface area contributed by atoms with Crippen molar-refractivity contribution in [2.75, 3.05) is 13.2 Å². The number of nitrogens with zero attached hydrogens (tertiary/aromatic N) is 1. The third-order valence-electron chi connectivity index (χ3n) is 4.33. The van der Waals surface area contributed by atoms with Crippen LogP contribution in [0.4, 0.5) is 0 Å². The minimum Gasteiger partial charge on any atom is -0.448 e. The van der Waals surface area contributed by atoms with Crippen molar-refractivity contribution < 1.29 is 19.1 Å². The molecule has 2 N–H and O–H groups in total. The Bertz CT molecular complexity index is 731. The first-order valence-electron chi connectivity index (χ1n) is 7.70. The van der Waals surface area contributed by atoms with E-state index in [-0.39, 0.29) is 5.92 Å². The summed E-state index contributed by atoms with van der Waals surface area (Å²) in [5, 5.41) is 0.801. The second-order valence-electron chi connectivity index (χ2n) is 5.85. The van der Waals surface area contributed by atoms with Crippen LogP contribution in [0.25, 0.3) is 10.9 Å². The van der Waals surface area contributed by atoms with Crippen molar-refractivity contribution in [3.8, 4) is 0 Å². The molecular formula is C17H20N2O4. The predicted octanol–water partition coefficient (Wildman–Crippen LogP) is 1.62. The minimum absolute atomic E-state index is 0.0832. The van der Waals surface area contributed by atoms with Gasteiger partial charge in [0.05, 0.1) is 5.56 Å². The number of rotatable bonds is 4. The Hall–Kier alpha value is -2.34. The Balaban J connectivity index is 1.84. The summed E-state index contributed by atoms with van der Waals surface area (Å²) >= 11 is 0. The van der Waals surface area contributed by atoms with Crippen molar-refractivity contribution in [1.29, 1.82) is 0 Å². The summed E-state index contributed by atoms with van der Waals surface area (Å²) in [7, 11) is 1.86. The van der Waals surface area contributed by atoms with Crippen LogP contribution in [-0.2, 0) is 21.3 Å². The lowest BCUT2D eigenvalue weighted by atomic mass is 9.93. The molecule has 1 saturated heterocycles. The number of aromatic nitrogens is 1. The molecule has 6 nitrogen and oxygen atoms in total. The first-order valence-corrected chi connectivity index (χ1v) is 7.70. The number of para-hydroxylation sites is 1. The molecule has 2 heterocycles. The number of hydrogen-bond acceptors (Lipinski definition) is 4. The Morgan fingerprint density at radius 2 is 2.00 bits per heavy atom. The molecule has 1 atom stereocenters. The van der Waals surface area contributed by atoms with Crippen molar-refractivity contribution in [1.82, 2.24) is 4.57 Å². The SMILES string of the molecule is Cn1cc(C(=O)O[C@H](C(N)=O)C2CCOCC2)c2ccccc21. The highest BCUT2D eigenvalue weighted by Crippen LogP contribution is 2.25. The average molecular weight is 316 g/mol. The van der Waals surface area contributed by atoms with Gasteiger partial charge in [-0.2, -0.15) is 0 Å². The smallest absolute Gasteiger partial charge is 0.341 e. The number of hydrogen-bond donors (Lipinski definition) is 1. The summed E-state index contributed by atoms with van der Waals surface area (Å²) in [6.07, 6.45) is 2.13. The summed E-state index contributed by atoms with van der Waals surface area (Å²) in [6.45, 7) is 1.11. The Labute approximate surface area is 134 Å². The number of carbonyl (C=O) groups excluding carboxylic acids is 2. The van der Waals surface area contributed by atoms with Crippen LogP contribution in [0.3, 0.4) is 0 Å². The van der Waals surface area contributed by atoms with E-state index in [1.54, 1.807) is 6.20 Å². The molecule has 0 radical (unpaired) electrons. The van der Waals surface area contributed by atoms with Crippen LogP contribution in [0.2, 0.25) is 0 Å². The van der Waals surface area contributed by atoms with E-state index in [1.165, 1.54) is 0 Å². The zero-order valence-electron chi connectivity index (χ0n) is 13.0. The number of benzene rings is 1. The summed E-state index contributed by atoms with van der Waals surface area (Å²) < 4.78 is 12.6. The molecule has 1 aliphatic rings. The zero-order chi connectivity index (χ0) is 16.4. The molecule has 1 aliphatic heterocycles. The topological polar surface area (TPSA) is 83.5 Å². The van der Waals surface area contributed by atoms with Gasteiger partial charge >= 0.3 is 5.97 Å². The van der Waals surface area contributed by atoms with E-state index in [2.05, 4.69) is 0 Å². The summed E-state index contributed by atoms with van der Waals surface area (Å²) in [5.74, 6) is -1.21. The second-order valence-corrected chi connectivity index (χ2v) is 5.85. The molecule has 1 fully saturated rings. The molecular weight excluding hydrogens is 296 g/mol. The van der Waals surface area contributed by atoms with Gasteiger partial charge in [0, 0.05) is 43.3 Å². The van der Waals surface area contributed by atoms with Gasteiger partial charge in [-0.25, -0.2) is 4.79 Å². The van der Waals surface area contributed by atoms with E-state index in [0.717, 1.165) is 10.9 Å². The highest BCUT2D eigenvalue weighted by Gasteiger charge is 2.32. The van der Waals surface area contributed by atoms with Crippen LogP contribution in [0, 0.1) is 5.92 Å². The van der Waals surface area contributed by atoms with Crippen LogP contribution in [0.15, 0.2) is 30.5 Å². The number of nitrogens with two attached hydrogens (primary N) is 1. The van der Waals surface area contributed by atoms with Gasteiger partial charge in [-0.15, -0.1) is 0 Å². The molecule has 1 aromatic carbocycles. The van der Waals surface area contributed by atoms with Crippen molar-refractivity contribution in [2.45, 2.75) is 18.9 Å². The van der Waals surface area contributed by atoms with Gasteiger partial charge in [0.15, 0.2) is 6.10 Å². The second kappa shape index (κ2) is 6.42. The minimum atomic E-state index is -0.912. The van der Waals surface area contributed by atoms with E-state index in [0.29, 0.717) is 31.6 Å². The highest BCUT2D eigenvalue weighted by molar-refractivity contribution is 6.05. The molecule has 2 aromatic rings. The van der Waals surface area contributed by atoms with Crippen LogP contribution in [0.5, 0.6) is 0 Å². The molecule has 122 valence electrons. The Morgan fingerprint density at radius 3 is 2.70 bits per heavy atom. The largest absolute Gasteiger partial charge is 0.448 e. The molecule has 23 heavy (non-hydrogen) atoms. The maximum absolute atomic E-state index is 12.6. The van der Waals surface area contributed by atoms with Gasteiger partial charge in [-0.3, -0.25) is 4.79 Å². The van der Waals surface area contributed by atoms with Gasteiger partial charge in [0.2, 0.25) is 0 Å². The van der Waals surface area contributed by atoms with Crippen molar-refractivity contribution in [2.24, 2.45) is 18.7 Å². The lowest BCUT2D eigenvalue weighted by molar-refractivity contribution is -0.131. The van der Waals surface area contributed by atoms with Crippen molar-refractivity contribution in [3.05, 3.63) is 36.0 Å². The molecule has 1 aromatic heterocycles. The number of carbonyl (C=O) groups is 2. The predicted molar refractivity (Wildman–Crippen MR) is 84.9 cm³/mol. The van der Waals surface area contributed by atoms with Crippen LogP contribution < -0.4 is 5.73 Å². The summed E-state index contributed by atoms with van der Waals surface area (Å²) in [4.78, 5) is 24.3. The number of ether oxygens (including phenoxy) is 2. The normalized spacial score (nSPS) is 17.1. The van der Waals surface area contributed by atoms with E-state index < -0.39 is 18.0 Å². The lowest BCUT2D eigenvalue weighted by Gasteiger charge is -2.27. The van der Waals surface area contributed by atoms with E-state index in [9.17, 15) is 9.59 Å². The molecule has 1 amide bonds. The Morgan fingerprint density at radius 1 is 1.30 bits per heavy atom. The molecule has 0 aliphatic carbocycles. The number of aryl methyl sites for hydroxylation is 1. The molecule has 0 saturated carbocycles. The number of amides is 1. The van der Waals surface area contributed by atoms with Gasteiger partial charge in [-0.1, -0.05) is 18.2 Å². The Kier molecular flexibility index (Phi) is 4.34. The molecule has 3 rings (SSSR count). The molecule has 0 bridgehead atoms. The van der Waals surface area contributed by atoms with Gasteiger partial charge in [-0.05, 0) is 18.9 Å². The van der Waals surface area contributed by atoms with Gasteiger partial charge < -0.3 is 19.8 Å². The van der Waals surface area contributed by atoms with Crippen LogP contribution in [-0.4, -0.2) is 35.8 Å². The quantitative estimate of drug-likeness (QED) is 0.869. The van der Waals surface area contributed by atoms with E-state index >= 15 is 0 Å². The average Bonchev–Trinajstić information content (AvgIpc) is 2.90. The first-order chi connectivity index (χ1) is 11.1. The van der Waals surface area contributed by atoms with Gasteiger partial charge in [0.25, 0.3) is 5.91 Å². The molecule has 0 unspecified atom stereocenters. The standard InChI is InChI=1S/C17H20N2O4/c1-19-10-13(12-4-2-3-5-14(12)19)17(21)23-15(16(18)20)11-6-8-22-9-7-11/h2-5,10-11,15H,6-9H2,1H3,(H2,18,20)/t15-/m0/s1. The fourth-order valence-corrected chi connectivity index (χ4v) is 3.09. The van der Waals surface area contributed by atoms with E-state index in [1.807, 2.05) is 35.9 Å². The zero-order valence-corrected chi connectivity index (χ0v) is 13.0. The highest BCUT2D eigenvalue weighted by atomic mass is 16.5. The third-order valence-corrected chi connectivity index (χ3v) is 4.33. The lowest BCUT2D eigenvalue weighted by Crippen LogP contribution is -2.41. The van der Waals surface area contributed by atoms with Crippen LogP contribution in [0.1, 0.15) is 23.2 Å². The molecule has 6 heteroatoms. The van der Waals surface area contributed by atoms with Crippen molar-refractivity contribution >= 4 is 22.8 Å². The van der Waals surface area contributed by atoms with Crippen molar-refractivity contribution in [3.63, 3.8) is 0 Å². The molecule has 0 spiro atoms. The van der Waals surface area contributed by atoms with Gasteiger partial charge in [0.1, 0.15) is 0 Å². The monoisotopic (exact) mass is 316 g/mol. The number of esters is 1. The maximum Gasteiger partial charge on any atom is 0.341 e. The number of primary amides is 1. The van der Waals surface area contributed by atoms with E-state index in [4.69, 9.17) is 15.2 Å². The fraction of sp³-hybridized carbons (Fsp3) is 0.412. The maximum atomic E-state index is 12.6. The van der Waals surface area contributed by atoms with Crippen LogP contribution >= 0.6 is 0 Å².